The van der Waals surface area contributed by atoms with E-state index in [9.17, 15) is 4.39 Å². The summed E-state index contributed by atoms with van der Waals surface area (Å²) in [6.07, 6.45) is 8.00. The molecule has 2 atom stereocenters. The van der Waals surface area contributed by atoms with Crippen molar-refractivity contribution in [1.29, 1.82) is 0 Å². The molecular weight excluding hydrogens is 201 g/mol. The second-order valence-electron chi connectivity index (χ2n) is 4.41. The molecule has 0 spiro atoms. The largest absolute Gasteiger partial charge is 0.306 e. The fourth-order valence-electron chi connectivity index (χ4n) is 2.34. The van der Waals surface area contributed by atoms with Crippen LogP contribution in [0.1, 0.15) is 36.9 Å². The van der Waals surface area contributed by atoms with Crippen LogP contribution in [0.4, 0.5) is 4.39 Å². The molecule has 2 heteroatoms. The van der Waals surface area contributed by atoms with Gasteiger partial charge in [-0.15, -0.1) is 12.3 Å². The molecule has 1 N–H and O–H groups in total. The first-order valence-corrected chi connectivity index (χ1v) is 5.68. The predicted octanol–water partition coefficient (Wildman–Crippen LogP) is 2.81. The van der Waals surface area contributed by atoms with E-state index in [1.165, 1.54) is 11.6 Å². The molecular formula is C14H16FN. The quantitative estimate of drug-likeness (QED) is 0.768. The molecule has 2 unspecified atom stereocenters. The van der Waals surface area contributed by atoms with E-state index in [0.29, 0.717) is 12.1 Å². The number of terminal acetylenes is 1. The van der Waals surface area contributed by atoms with Crippen molar-refractivity contribution in [3.63, 3.8) is 0 Å². The molecule has 16 heavy (non-hydrogen) atoms. The first-order chi connectivity index (χ1) is 7.70. The third kappa shape index (κ3) is 2.25. The van der Waals surface area contributed by atoms with Gasteiger partial charge < -0.3 is 5.32 Å². The summed E-state index contributed by atoms with van der Waals surface area (Å²) >= 11 is 0. The summed E-state index contributed by atoms with van der Waals surface area (Å²) in [4.78, 5) is 0. The first-order valence-electron chi connectivity index (χ1n) is 5.68. The van der Waals surface area contributed by atoms with E-state index >= 15 is 0 Å². The van der Waals surface area contributed by atoms with Gasteiger partial charge in [-0.2, -0.15) is 0 Å². The van der Waals surface area contributed by atoms with E-state index in [0.717, 1.165) is 24.8 Å². The molecule has 1 aromatic rings. The molecule has 1 aromatic carbocycles. The van der Waals surface area contributed by atoms with Crippen molar-refractivity contribution in [2.45, 2.75) is 38.3 Å². The van der Waals surface area contributed by atoms with Crippen LogP contribution in [-0.4, -0.2) is 6.04 Å². The summed E-state index contributed by atoms with van der Waals surface area (Å²) in [6.45, 7) is 2.08. The molecule has 0 aliphatic heterocycles. The molecule has 1 nitrogen and oxygen atoms in total. The number of halogens is 1. The third-order valence-corrected chi connectivity index (χ3v) is 3.09. The van der Waals surface area contributed by atoms with Gasteiger partial charge in [-0.3, -0.25) is 0 Å². The summed E-state index contributed by atoms with van der Waals surface area (Å²) in [6, 6.07) is 5.70. The Kier molecular flexibility index (Phi) is 3.26. The van der Waals surface area contributed by atoms with Crippen molar-refractivity contribution in [3.05, 3.63) is 35.1 Å². The molecule has 0 fully saturated rings. The molecule has 0 aromatic heterocycles. The Labute approximate surface area is 96.1 Å². The summed E-state index contributed by atoms with van der Waals surface area (Å²) in [7, 11) is 0. The van der Waals surface area contributed by atoms with Gasteiger partial charge in [0, 0.05) is 18.5 Å². The topological polar surface area (TPSA) is 12.0 Å². The van der Waals surface area contributed by atoms with Crippen molar-refractivity contribution in [2.24, 2.45) is 0 Å². The average molecular weight is 217 g/mol. The number of benzene rings is 1. The van der Waals surface area contributed by atoms with Gasteiger partial charge in [0.2, 0.25) is 0 Å². The zero-order valence-corrected chi connectivity index (χ0v) is 9.46. The average Bonchev–Trinajstić information content (AvgIpc) is 2.61. The number of hydrogen-bond donors (Lipinski definition) is 1. The van der Waals surface area contributed by atoms with Gasteiger partial charge >= 0.3 is 0 Å². The van der Waals surface area contributed by atoms with Gasteiger partial charge in [-0.25, -0.2) is 4.39 Å². The van der Waals surface area contributed by atoms with Gasteiger partial charge in [0.1, 0.15) is 5.82 Å². The highest BCUT2D eigenvalue weighted by Crippen LogP contribution is 2.31. The van der Waals surface area contributed by atoms with Gasteiger partial charge in [-0.05, 0) is 43.0 Å². The van der Waals surface area contributed by atoms with E-state index in [-0.39, 0.29) is 5.82 Å². The molecule has 0 radical (unpaired) electrons. The van der Waals surface area contributed by atoms with Crippen molar-refractivity contribution < 1.29 is 4.39 Å². The molecule has 1 aliphatic carbocycles. The van der Waals surface area contributed by atoms with E-state index in [4.69, 9.17) is 6.42 Å². The number of rotatable bonds is 3. The van der Waals surface area contributed by atoms with Crippen LogP contribution in [0.2, 0.25) is 0 Å². The van der Waals surface area contributed by atoms with Gasteiger partial charge in [0.05, 0.1) is 0 Å². The molecule has 1 aliphatic rings. The van der Waals surface area contributed by atoms with Crippen LogP contribution in [0, 0.1) is 18.2 Å². The van der Waals surface area contributed by atoms with Gasteiger partial charge in [-0.1, -0.05) is 6.07 Å². The summed E-state index contributed by atoms with van der Waals surface area (Å²) < 4.78 is 13.0. The lowest BCUT2D eigenvalue weighted by atomic mass is 10.1. The van der Waals surface area contributed by atoms with Crippen molar-refractivity contribution in [1.82, 2.24) is 5.32 Å². The monoisotopic (exact) mass is 217 g/mol. The Bertz CT molecular complexity index is 419. The molecule has 0 amide bonds. The first kappa shape index (κ1) is 11.2. The molecule has 0 saturated carbocycles. The van der Waals surface area contributed by atoms with E-state index in [1.807, 2.05) is 6.07 Å². The van der Waals surface area contributed by atoms with Crippen LogP contribution in [0.25, 0.3) is 0 Å². The van der Waals surface area contributed by atoms with Crippen LogP contribution in [0.3, 0.4) is 0 Å². The zero-order valence-electron chi connectivity index (χ0n) is 9.46. The Hall–Kier alpha value is -1.33. The minimum atomic E-state index is -0.143. The van der Waals surface area contributed by atoms with Crippen LogP contribution >= 0.6 is 0 Å². The second kappa shape index (κ2) is 4.67. The molecule has 0 bridgehead atoms. The van der Waals surface area contributed by atoms with Crippen LogP contribution < -0.4 is 5.32 Å². The predicted molar refractivity (Wildman–Crippen MR) is 63.5 cm³/mol. The number of hydrogen-bond acceptors (Lipinski definition) is 1. The lowest BCUT2D eigenvalue weighted by Crippen LogP contribution is -2.28. The minimum absolute atomic E-state index is 0.143. The molecule has 84 valence electrons. The maximum atomic E-state index is 13.0. The van der Waals surface area contributed by atoms with Gasteiger partial charge in [0.25, 0.3) is 0 Å². The molecule has 2 rings (SSSR count). The maximum Gasteiger partial charge on any atom is 0.123 e. The number of nitrogens with one attached hydrogen (secondary N) is 1. The summed E-state index contributed by atoms with van der Waals surface area (Å²) in [5.74, 6) is 2.51. The van der Waals surface area contributed by atoms with E-state index in [2.05, 4.69) is 18.2 Å². The van der Waals surface area contributed by atoms with Crippen LogP contribution in [-0.2, 0) is 6.42 Å². The fourth-order valence-corrected chi connectivity index (χ4v) is 2.34. The number of aryl methyl sites for hydroxylation is 1. The zero-order chi connectivity index (χ0) is 11.5. The van der Waals surface area contributed by atoms with E-state index in [1.54, 1.807) is 6.07 Å². The highest BCUT2D eigenvalue weighted by Gasteiger charge is 2.23. The minimum Gasteiger partial charge on any atom is -0.306 e. The maximum absolute atomic E-state index is 13.0. The lowest BCUT2D eigenvalue weighted by Gasteiger charge is -2.18. The van der Waals surface area contributed by atoms with Crippen LogP contribution in [0.15, 0.2) is 18.2 Å². The van der Waals surface area contributed by atoms with Crippen molar-refractivity contribution >= 4 is 0 Å². The SMILES string of the molecule is C#CCC(C)NC1CCc2cc(F)ccc21. The number of fused-ring (bicyclic) bond motifs is 1. The Balaban J connectivity index is 2.09. The normalized spacial score (nSPS) is 20.2. The smallest absolute Gasteiger partial charge is 0.123 e. The van der Waals surface area contributed by atoms with Crippen molar-refractivity contribution in [2.75, 3.05) is 0 Å². The Morgan fingerprint density at radius 3 is 3.19 bits per heavy atom. The highest BCUT2D eigenvalue weighted by atomic mass is 19.1. The van der Waals surface area contributed by atoms with Gasteiger partial charge in [0.15, 0.2) is 0 Å². The molecule has 0 saturated heterocycles. The highest BCUT2D eigenvalue weighted by molar-refractivity contribution is 5.35. The fraction of sp³-hybridized carbons (Fsp3) is 0.429. The van der Waals surface area contributed by atoms with E-state index < -0.39 is 0 Å². The molecule has 0 heterocycles. The third-order valence-electron chi connectivity index (χ3n) is 3.09. The second-order valence-corrected chi connectivity index (χ2v) is 4.41. The summed E-state index contributed by atoms with van der Waals surface area (Å²) in [5.41, 5.74) is 2.36. The standard InChI is InChI=1S/C14H16FN/c1-3-4-10(2)16-14-8-5-11-9-12(15)6-7-13(11)14/h1,6-7,9-10,14,16H,4-5,8H2,2H3. The van der Waals surface area contributed by atoms with Crippen LogP contribution in [0.5, 0.6) is 0 Å². The Morgan fingerprint density at radius 1 is 1.62 bits per heavy atom. The lowest BCUT2D eigenvalue weighted by molar-refractivity contribution is 0.459. The van der Waals surface area contributed by atoms with Crippen molar-refractivity contribution in [3.8, 4) is 12.3 Å². The summed E-state index contributed by atoms with van der Waals surface area (Å²) in [5, 5.41) is 3.49. The Morgan fingerprint density at radius 2 is 2.44 bits per heavy atom.